The third-order valence-electron chi connectivity index (χ3n) is 11.8. The number of benzene rings is 2. The van der Waals surface area contributed by atoms with E-state index in [0.717, 1.165) is 83.9 Å². The number of fused-ring (bicyclic) bond motifs is 2. The Morgan fingerprint density at radius 3 is 2.69 bits per heavy atom. The van der Waals surface area contributed by atoms with Crippen LogP contribution in [0.15, 0.2) is 83.6 Å². The summed E-state index contributed by atoms with van der Waals surface area (Å²) >= 11 is 0. The molecule has 0 amide bonds. The predicted octanol–water partition coefficient (Wildman–Crippen LogP) is 7.24. The van der Waals surface area contributed by atoms with Gasteiger partial charge in [-0.15, -0.1) is 0 Å². The largest absolute Gasteiger partial charge is 0.481 e. The third kappa shape index (κ3) is 7.50. The average molecular weight is 738 g/mol. The number of nitrogens with zero attached hydrogens (tertiary/aromatic N) is 5. The number of rotatable bonds is 11. The van der Waals surface area contributed by atoms with Crippen molar-refractivity contribution in [3.63, 3.8) is 0 Å². The highest BCUT2D eigenvalue weighted by Gasteiger charge is 2.45. The molecule has 0 radical (unpaired) electrons. The monoisotopic (exact) mass is 737 g/mol. The molecule has 4 N–H and O–H groups in total. The molecule has 11 nitrogen and oxygen atoms in total. The first-order chi connectivity index (χ1) is 26.7. The van der Waals surface area contributed by atoms with E-state index in [1.54, 1.807) is 6.20 Å². The fourth-order valence-electron chi connectivity index (χ4n) is 8.74. The summed E-state index contributed by atoms with van der Waals surface area (Å²) in [6.45, 7) is 7.08. The number of carbonyl (C=O) groups is 1. The average Bonchev–Trinajstić information content (AvgIpc) is 3.81. The summed E-state index contributed by atoms with van der Waals surface area (Å²) in [7, 11) is 0. The standard InChI is InChI=1S/C44H47N7O4/c1-27-6-3-4-7-36(27)37-8-5-15-44(28(37)2,50-42-40-32(13-16-46-42)19-31(24-48-40)25-51-17-14-35(52)26-51)43-49-38-20-30(18-33(22-45)41(38)55-43)23-47-34-11-9-29(10-12-34)21-39(53)54/h3-8,13,15-16,18-20,24,28-29,34-35,47,52H,9-12,14,17,21,23,25-26H2,1-2H3,(H,46,50)(H,53,54)/t28?,29?,34?,35-,44?/m1/s1. The number of pyridine rings is 2. The number of aliphatic hydroxyl groups is 1. The predicted molar refractivity (Wildman–Crippen MR) is 212 cm³/mol. The molecule has 1 aliphatic heterocycles. The van der Waals surface area contributed by atoms with E-state index in [-0.39, 0.29) is 30.4 Å². The maximum Gasteiger partial charge on any atom is 0.303 e. The Balaban J connectivity index is 1.14. The molecule has 0 spiro atoms. The number of oxazole rings is 1. The number of nitriles is 1. The van der Waals surface area contributed by atoms with Crippen molar-refractivity contribution in [2.45, 2.75) is 83.1 Å². The molecule has 3 aliphatic rings. The van der Waals surface area contributed by atoms with Crippen molar-refractivity contribution in [2.24, 2.45) is 11.8 Å². The number of allylic oxidation sites excluding steroid dienone is 2. The lowest BCUT2D eigenvalue weighted by Gasteiger charge is -2.39. The minimum absolute atomic E-state index is 0.187. The summed E-state index contributed by atoms with van der Waals surface area (Å²) in [5.74, 6) is 0.332. The SMILES string of the molecule is Cc1ccccc1C1=CC=CC(Nc2nccc3cc(CN4CC[C@@H](O)C4)cnc23)(c2nc3cc(CNC4CCC(CC(=O)O)CC4)cc(C#N)c3o2)C1C. The first-order valence-corrected chi connectivity index (χ1v) is 19.4. The molecule has 2 aromatic carbocycles. The minimum Gasteiger partial charge on any atom is -0.481 e. The summed E-state index contributed by atoms with van der Waals surface area (Å²) in [5.41, 5.74) is 6.58. The second-order valence-corrected chi connectivity index (χ2v) is 15.6. The molecule has 3 aromatic heterocycles. The van der Waals surface area contributed by atoms with Crippen LogP contribution in [0.25, 0.3) is 27.6 Å². The molecule has 55 heavy (non-hydrogen) atoms. The Bertz CT molecular complexity index is 2340. The lowest BCUT2D eigenvalue weighted by Crippen LogP contribution is -2.42. The van der Waals surface area contributed by atoms with Crippen molar-refractivity contribution in [2.75, 3.05) is 18.4 Å². The fourth-order valence-corrected chi connectivity index (χ4v) is 8.74. The molecule has 1 saturated heterocycles. The Morgan fingerprint density at radius 1 is 1.09 bits per heavy atom. The van der Waals surface area contributed by atoms with Crippen LogP contribution in [0.2, 0.25) is 0 Å². The Kier molecular flexibility index (Phi) is 10.2. The van der Waals surface area contributed by atoms with E-state index in [4.69, 9.17) is 19.4 Å². The van der Waals surface area contributed by atoms with Gasteiger partial charge in [-0.25, -0.2) is 9.97 Å². The lowest BCUT2D eigenvalue weighted by molar-refractivity contribution is -0.138. The van der Waals surface area contributed by atoms with Gasteiger partial charge in [0.15, 0.2) is 11.4 Å². The van der Waals surface area contributed by atoms with E-state index in [1.807, 2.05) is 36.5 Å². The van der Waals surface area contributed by atoms with Crippen LogP contribution in [0.1, 0.15) is 79.2 Å². The van der Waals surface area contributed by atoms with E-state index in [2.05, 4.69) is 71.9 Å². The van der Waals surface area contributed by atoms with Crippen molar-refractivity contribution in [3.05, 3.63) is 113 Å². The number of aliphatic hydroxyl groups excluding tert-OH is 1. The van der Waals surface area contributed by atoms with Gasteiger partial charge in [0.2, 0.25) is 5.89 Å². The molecular weight excluding hydrogens is 691 g/mol. The van der Waals surface area contributed by atoms with Crippen molar-refractivity contribution >= 4 is 39.4 Å². The zero-order valence-corrected chi connectivity index (χ0v) is 31.3. The molecule has 1 saturated carbocycles. The summed E-state index contributed by atoms with van der Waals surface area (Å²) in [4.78, 5) is 28.3. The topological polar surface area (TPSA) is 160 Å². The molecule has 5 aromatic rings. The lowest BCUT2D eigenvalue weighted by atomic mass is 9.73. The second kappa shape index (κ2) is 15.4. The van der Waals surface area contributed by atoms with E-state index in [0.29, 0.717) is 41.5 Å². The number of hydrogen-bond donors (Lipinski definition) is 4. The minimum atomic E-state index is -1.00. The summed E-state index contributed by atoms with van der Waals surface area (Å²) in [5, 5.41) is 38.0. The second-order valence-electron chi connectivity index (χ2n) is 15.6. The van der Waals surface area contributed by atoms with Gasteiger partial charge < -0.3 is 25.3 Å². The smallest absolute Gasteiger partial charge is 0.303 e. The molecule has 2 fully saturated rings. The molecule has 3 atom stereocenters. The van der Waals surface area contributed by atoms with E-state index >= 15 is 0 Å². The van der Waals surface area contributed by atoms with Gasteiger partial charge in [0.05, 0.1) is 11.7 Å². The zero-order chi connectivity index (χ0) is 38.1. The van der Waals surface area contributed by atoms with E-state index in [9.17, 15) is 20.3 Å². The zero-order valence-electron chi connectivity index (χ0n) is 31.3. The van der Waals surface area contributed by atoms with Crippen LogP contribution in [-0.4, -0.2) is 61.3 Å². The van der Waals surface area contributed by atoms with Crippen LogP contribution >= 0.6 is 0 Å². The number of carboxylic acid groups (broad SMARTS) is 1. The number of likely N-dealkylation sites (tertiary alicyclic amines) is 1. The third-order valence-corrected chi connectivity index (χ3v) is 11.8. The molecule has 8 rings (SSSR count). The first-order valence-electron chi connectivity index (χ1n) is 19.4. The molecule has 2 unspecified atom stereocenters. The van der Waals surface area contributed by atoms with Gasteiger partial charge in [0.25, 0.3) is 0 Å². The van der Waals surface area contributed by atoms with Crippen LogP contribution in [-0.2, 0) is 23.4 Å². The van der Waals surface area contributed by atoms with Gasteiger partial charge in [0, 0.05) is 62.3 Å². The molecule has 282 valence electrons. The highest BCUT2D eigenvalue weighted by atomic mass is 16.4. The summed E-state index contributed by atoms with van der Waals surface area (Å²) in [6.07, 6.45) is 14.3. The Labute approximate surface area is 320 Å². The Morgan fingerprint density at radius 2 is 1.93 bits per heavy atom. The maximum absolute atomic E-state index is 11.2. The first kappa shape index (κ1) is 36.6. The number of aliphatic carboxylic acids is 1. The van der Waals surface area contributed by atoms with Crippen LogP contribution in [0.5, 0.6) is 0 Å². The van der Waals surface area contributed by atoms with Crippen molar-refractivity contribution in [1.82, 2.24) is 25.2 Å². The van der Waals surface area contributed by atoms with Crippen LogP contribution in [0.3, 0.4) is 0 Å². The van der Waals surface area contributed by atoms with Gasteiger partial charge in [-0.05, 0) is 103 Å². The van der Waals surface area contributed by atoms with Crippen molar-refractivity contribution in [3.8, 4) is 6.07 Å². The molecule has 2 aliphatic carbocycles. The molecule has 11 heteroatoms. The number of anilines is 1. The maximum atomic E-state index is 11.2. The highest BCUT2D eigenvalue weighted by molar-refractivity contribution is 5.89. The fraction of sp³-hybridized carbons (Fsp3) is 0.386. The van der Waals surface area contributed by atoms with Gasteiger partial charge in [-0.3, -0.25) is 14.7 Å². The molecule has 0 bridgehead atoms. The van der Waals surface area contributed by atoms with Crippen LogP contribution < -0.4 is 10.6 Å². The normalized spacial score (nSPS) is 24.2. The van der Waals surface area contributed by atoms with E-state index in [1.165, 1.54) is 0 Å². The highest BCUT2D eigenvalue weighted by Crippen LogP contribution is 2.46. The van der Waals surface area contributed by atoms with Gasteiger partial charge in [-0.2, -0.15) is 5.26 Å². The number of aryl methyl sites for hydroxylation is 1. The van der Waals surface area contributed by atoms with Gasteiger partial charge >= 0.3 is 5.97 Å². The van der Waals surface area contributed by atoms with Gasteiger partial charge in [0.1, 0.15) is 22.6 Å². The number of hydrogen-bond acceptors (Lipinski definition) is 10. The summed E-state index contributed by atoms with van der Waals surface area (Å²) in [6, 6.07) is 19.0. The van der Waals surface area contributed by atoms with Crippen molar-refractivity contribution < 1.29 is 19.4 Å². The Hall–Kier alpha value is -5.41. The van der Waals surface area contributed by atoms with Crippen LogP contribution in [0.4, 0.5) is 5.82 Å². The van der Waals surface area contributed by atoms with E-state index < -0.39 is 11.5 Å². The molecule has 4 heterocycles. The number of β-amino-alcohol motifs (C(OH)–C–C–N with tert-alkyl or cyclic N) is 1. The molecular formula is C44H47N7O4. The number of aromatic nitrogens is 3. The van der Waals surface area contributed by atoms with Gasteiger partial charge in [-0.1, -0.05) is 43.3 Å². The van der Waals surface area contributed by atoms with Crippen LogP contribution in [0, 0.1) is 30.1 Å². The quantitative estimate of drug-likeness (QED) is 0.108. The summed E-state index contributed by atoms with van der Waals surface area (Å²) < 4.78 is 6.68. The number of carboxylic acids is 1. The van der Waals surface area contributed by atoms with Crippen molar-refractivity contribution in [1.29, 1.82) is 5.26 Å². The number of nitrogens with one attached hydrogen (secondary N) is 2.